The first-order chi connectivity index (χ1) is 18.5. The number of methoxy groups -OCH3 is 2. The van der Waals surface area contributed by atoms with Crippen molar-refractivity contribution in [1.29, 1.82) is 0 Å². The Morgan fingerprint density at radius 3 is 2.53 bits per heavy atom. The second-order valence-corrected chi connectivity index (χ2v) is 8.41. The molecule has 0 unspecified atom stereocenters. The number of nitrogens with one attached hydrogen (secondary N) is 1. The molecule has 9 heteroatoms. The number of ether oxygens (including phenoxy) is 3. The van der Waals surface area contributed by atoms with Crippen LogP contribution in [0.25, 0.3) is 27.8 Å². The van der Waals surface area contributed by atoms with Gasteiger partial charge < -0.3 is 19.5 Å². The summed E-state index contributed by atoms with van der Waals surface area (Å²) in [6.07, 6.45) is 3.33. The maximum Gasteiger partial charge on any atom is 0.340 e. The summed E-state index contributed by atoms with van der Waals surface area (Å²) in [6.45, 7) is 4.38. The second kappa shape index (κ2) is 10.6. The van der Waals surface area contributed by atoms with Crippen molar-refractivity contribution in [1.82, 2.24) is 19.7 Å². The fourth-order valence-electron chi connectivity index (χ4n) is 4.36. The lowest BCUT2D eigenvalue weighted by molar-refractivity contribution is 0.0601. The Balaban J connectivity index is 1.75. The molecule has 0 saturated heterocycles. The fraction of sp³-hybridized carbons (Fsp3) is 0.172. The van der Waals surface area contributed by atoms with E-state index in [1.54, 1.807) is 42.4 Å². The van der Waals surface area contributed by atoms with Gasteiger partial charge in [-0.05, 0) is 61.9 Å². The summed E-state index contributed by atoms with van der Waals surface area (Å²) in [5.74, 6) is 1.37. The summed E-state index contributed by atoms with van der Waals surface area (Å²) < 4.78 is 18.1. The molecule has 0 bridgehead atoms. The molecule has 2 heterocycles. The standard InChI is InChI=1S/C29H27N5O4/c1-5-38-26-9-7-6-8-25(26)34-28(32-22-13-11-20(36-3)17-21(22)29(35)37-4)27(18(2)33-34)19-10-12-23-24(16-19)31-15-14-30-23/h6-17,32H,5H2,1-4H3. The first-order valence-corrected chi connectivity index (χ1v) is 12.1. The van der Waals surface area contributed by atoms with Crippen molar-refractivity contribution < 1.29 is 19.0 Å². The molecule has 192 valence electrons. The van der Waals surface area contributed by atoms with Gasteiger partial charge in [-0.2, -0.15) is 5.10 Å². The molecule has 0 spiro atoms. The van der Waals surface area contributed by atoms with Gasteiger partial charge >= 0.3 is 5.97 Å². The maximum atomic E-state index is 12.7. The van der Waals surface area contributed by atoms with Gasteiger partial charge in [-0.25, -0.2) is 9.48 Å². The van der Waals surface area contributed by atoms with Gasteiger partial charge in [-0.1, -0.05) is 18.2 Å². The van der Waals surface area contributed by atoms with E-state index in [9.17, 15) is 4.79 Å². The lowest BCUT2D eigenvalue weighted by atomic mass is 10.0. The van der Waals surface area contributed by atoms with E-state index in [1.165, 1.54) is 7.11 Å². The van der Waals surface area contributed by atoms with Crippen LogP contribution in [-0.2, 0) is 4.74 Å². The minimum Gasteiger partial charge on any atom is -0.497 e. The molecular weight excluding hydrogens is 482 g/mol. The van der Waals surface area contributed by atoms with Crippen LogP contribution in [0.2, 0.25) is 0 Å². The van der Waals surface area contributed by atoms with Gasteiger partial charge in [0, 0.05) is 18.0 Å². The van der Waals surface area contributed by atoms with E-state index in [4.69, 9.17) is 19.3 Å². The Bertz CT molecular complexity index is 1630. The molecule has 0 aliphatic heterocycles. The number of carbonyl (C=O) groups is 1. The van der Waals surface area contributed by atoms with Crippen LogP contribution in [0.15, 0.2) is 73.1 Å². The normalized spacial score (nSPS) is 10.8. The van der Waals surface area contributed by atoms with Gasteiger partial charge in [0.05, 0.1) is 48.8 Å². The Morgan fingerprint density at radius 2 is 1.76 bits per heavy atom. The Labute approximate surface area is 220 Å². The number of anilines is 2. The number of esters is 1. The molecule has 5 aromatic rings. The van der Waals surface area contributed by atoms with E-state index < -0.39 is 5.97 Å². The predicted octanol–water partition coefficient (Wildman–Crippen LogP) is 5.73. The van der Waals surface area contributed by atoms with Crippen LogP contribution in [0.4, 0.5) is 11.5 Å². The third-order valence-electron chi connectivity index (χ3n) is 6.10. The highest BCUT2D eigenvalue weighted by molar-refractivity contribution is 5.98. The number of aryl methyl sites for hydroxylation is 1. The summed E-state index contributed by atoms with van der Waals surface area (Å²) in [6, 6.07) is 18.8. The third-order valence-corrected chi connectivity index (χ3v) is 6.10. The van der Waals surface area contributed by atoms with Crippen LogP contribution < -0.4 is 14.8 Å². The Morgan fingerprint density at radius 1 is 0.974 bits per heavy atom. The minimum absolute atomic E-state index is 0.325. The third kappa shape index (κ3) is 4.61. The van der Waals surface area contributed by atoms with Crippen LogP contribution >= 0.6 is 0 Å². The molecule has 0 atom stereocenters. The van der Waals surface area contributed by atoms with Gasteiger partial charge in [-0.15, -0.1) is 0 Å². The summed E-state index contributed by atoms with van der Waals surface area (Å²) in [5, 5.41) is 8.37. The number of aromatic nitrogens is 4. The Hall–Kier alpha value is -4.92. The molecular formula is C29H27N5O4. The van der Waals surface area contributed by atoms with Crippen LogP contribution in [0.5, 0.6) is 11.5 Å². The molecule has 0 radical (unpaired) electrons. The van der Waals surface area contributed by atoms with Crippen LogP contribution in [0, 0.1) is 6.92 Å². The first-order valence-electron chi connectivity index (χ1n) is 12.1. The van der Waals surface area contributed by atoms with E-state index in [0.29, 0.717) is 35.2 Å². The lowest BCUT2D eigenvalue weighted by Gasteiger charge is -2.17. The number of nitrogens with zero attached hydrogens (tertiary/aromatic N) is 4. The average molecular weight is 510 g/mol. The topological polar surface area (TPSA) is 100 Å². The predicted molar refractivity (Wildman–Crippen MR) is 146 cm³/mol. The number of hydrogen-bond donors (Lipinski definition) is 1. The number of benzene rings is 3. The number of rotatable bonds is 8. The quantitative estimate of drug-likeness (QED) is 0.265. The second-order valence-electron chi connectivity index (χ2n) is 8.41. The van der Waals surface area contributed by atoms with Crippen LogP contribution in [0.1, 0.15) is 23.0 Å². The number of fused-ring (bicyclic) bond motifs is 1. The largest absolute Gasteiger partial charge is 0.497 e. The highest BCUT2D eigenvalue weighted by Gasteiger charge is 2.23. The SMILES string of the molecule is CCOc1ccccc1-n1nc(C)c(-c2ccc3nccnc3c2)c1Nc1ccc(OC)cc1C(=O)OC. The molecule has 0 fully saturated rings. The maximum absolute atomic E-state index is 12.7. The zero-order chi connectivity index (χ0) is 26.6. The summed E-state index contributed by atoms with van der Waals surface area (Å²) in [5.41, 5.74) is 5.68. The minimum atomic E-state index is -0.494. The van der Waals surface area contributed by atoms with Crippen molar-refractivity contribution in [2.45, 2.75) is 13.8 Å². The average Bonchev–Trinajstić information content (AvgIpc) is 3.28. The van der Waals surface area contributed by atoms with Gasteiger partial charge in [-0.3, -0.25) is 9.97 Å². The fourth-order valence-corrected chi connectivity index (χ4v) is 4.36. The molecule has 0 saturated carbocycles. The molecule has 9 nitrogen and oxygen atoms in total. The van der Waals surface area contributed by atoms with Crippen molar-refractivity contribution in [2.24, 2.45) is 0 Å². The number of para-hydroxylation sites is 2. The molecule has 0 aliphatic carbocycles. The van der Waals surface area contributed by atoms with Crippen molar-refractivity contribution in [2.75, 3.05) is 26.1 Å². The van der Waals surface area contributed by atoms with Gasteiger partial charge in [0.2, 0.25) is 0 Å². The highest BCUT2D eigenvalue weighted by atomic mass is 16.5. The highest BCUT2D eigenvalue weighted by Crippen LogP contribution is 2.39. The molecule has 0 amide bonds. The summed E-state index contributed by atoms with van der Waals surface area (Å²) in [7, 11) is 2.90. The Kier molecular flexibility index (Phi) is 6.90. The van der Waals surface area contributed by atoms with Crippen LogP contribution in [0.3, 0.4) is 0 Å². The number of carbonyl (C=O) groups excluding carboxylic acids is 1. The van der Waals surface area contributed by atoms with Crippen molar-refractivity contribution in [3.8, 4) is 28.3 Å². The molecule has 1 N–H and O–H groups in total. The van der Waals surface area contributed by atoms with E-state index >= 15 is 0 Å². The van der Waals surface area contributed by atoms with Gasteiger partial charge in [0.15, 0.2) is 0 Å². The molecule has 3 aromatic carbocycles. The zero-order valence-electron chi connectivity index (χ0n) is 21.6. The van der Waals surface area contributed by atoms with Crippen molar-refractivity contribution >= 4 is 28.5 Å². The van der Waals surface area contributed by atoms with E-state index in [0.717, 1.165) is 33.5 Å². The van der Waals surface area contributed by atoms with E-state index in [-0.39, 0.29) is 0 Å². The first kappa shape index (κ1) is 24.8. The monoisotopic (exact) mass is 509 g/mol. The van der Waals surface area contributed by atoms with E-state index in [2.05, 4.69) is 15.3 Å². The van der Waals surface area contributed by atoms with Gasteiger partial charge in [0.25, 0.3) is 0 Å². The van der Waals surface area contributed by atoms with E-state index in [1.807, 2.05) is 56.3 Å². The summed E-state index contributed by atoms with van der Waals surface area (Å²) >= 11 is 0. The molecule has 0 aliphatic rings. The smallest absolute Gasteiger partial charge is 0.340 e. The van der Waals surface area contributed by atoms with Crippen molar-refractivity contribution in [3.63, 3.8) is 0 Å². The zero-order valence-corrected chi connectivity index (χ0v) is 21.6. The number of hydrogen-bond acceptors (Lipinski definition) is 8. The van der Waals surface area contributed by atoms with Crippen molar-refractivity contribution in [3.05, 3.63) is 84.3 Å². The van der Waals surface area contributed by atoms with Crippen LogP contribution in [-0.4, -0.2) is 46.5 Å². The molecule has 2 aromatic heterocycles. The molecule has 5 rings (SSSR count). The lowest BCUT2D eigenvalue weighted by Crippen LogP contribution is -2.10. The van der Waals surface area contributed by atoms with Gasteiger partial charge in [0.1, 0.15) is 23.0 Å². The summed E-state index contributed by atoms with van der Waals surface area (Å²) in [4.78, 5) is 21.6. The molecule has 38 heavy (non-hydrogen) atoms.